The summed E-state index contributed by atoms with van der Waals surface area (Å²) < 4.78 is 5.46. The maximum atomic E-state index is 5.46. The Hall–Kier alpha value is -1.55. The van der Waals surface area contributed by atoms with Crippen molar-refractivity contribution >= 4 is 5.96 Å². The first-order valence-corrected chi connectivity index (χ1v) is 9.74. The van der Waals surface area contributed by atoms with E-state index >= 15 is 0 Å². The SMILES string of the molecule is CN=C(NCC1(Cc2ccccc2)CC1)N(C)CCC1CCOCC1. The molecule has 138 valence electrons. The quantitative estimate of drug-likeness (QED) is 0.609. The second-order valence-electron chi connectivity index (χ2n) is 7.83. The fraction of sp³-hybridized carbons (Fsp3) is 0.667. The van der Waals surface area contributed by atoms with E-state index in [2.05, 4.69) is 52.6 Å². The Bertz CT molecular complexity index is 548. The molecule has 0 atom stereocenters. The predicted octanol–water partition coefficient (Wildman–Crippen LogP) is 3.33. The van der Waals surface area contributed by atoms with E-state index in [1.807, 2.05) is 7.05 Å². The molecule has 4 heteroatoms. The minimum atomic E-state index is 0.429. The number of nitrogens with one attached hydrogen (secondary N) is 1. The lowest BCUT2D eigenvalue weighted by molar-refractivity contribution is 0.0625. The van der Waals surface area contributed by atoms with E-state index in [1.54, 1.807) is 0 Å². The summed E-state index contributed by atoms with van der Waals surface area (Å²) in [7, 11) is 4.05. The van der Waals surface area contributed by atoms with Crippen LogP contribution in [0.1, 0.15) is 37.7 Å². The van der Waals surface area contributed by atoms with Crippen molar-refractivity contribution in [3.05, 3.63) is 35.9 Å². The Labute approximate surface area is 152 Å². The van der Waals surface area contributed by atoms with Crippen LogP contribution in [0, 0.1) is 11.3 Å². The van der Waals surface area contributed by atoms with Crippen LogP contribution in [0.3, 0.4) is 0 Å². The van der Waals surface area contributed by atoms with Gasteiger partial charge in [-0.05, 0) is 55.4 Å². The van der Waals surface area contributed by atoms with Gasteiger partial charge in [-0.1, -0.05) is 30.3 Å². The second kappa shape index (κ2) is 8.70. The molecule has 1 saturated carbocycles. The zero-order chi connectivity index (χ0) is 17.5. The number of nitrogens with zero attached hydrogens (tertiary/aromatic N) is 2. The monoisotopic (exact) mass is 343 g/mol. The Kier molecular flexibility index (Phi) is 6.35. The van der Waals surface area contributed by atoms with E-state index in [9.17, 15) is 0 Å². The smallest absolute Gasteiger partial charge is 0.193 e. The minimum Gasteiger partial charge on any atom is -0.381 e. The summed E-state index contributed by atoms with van der Waals surface area (Å²) in [5, 5.41) is 3.63. The van der Waals surface area contributed by atoms with Crippen molar-refractivity contribution < 1.29 is 4.74 Å². The molecule has 4 nitrogen and oxygen atoms in total. The molecule has 0 spiro atoms. The number of hydrogen-bond donors (Lipinski definition) is 1. The molecule has 3 rings (SSSR count). The van der Waals surface area contributed by atoms with E-state index in [0.717, 1.165) is 38.2 Å². The third kappa shape index (κ3) is 5.46. The summed E-state index contributed by atoms with van der Waals surface area (Å²) in [6.07, 6.45) is 7.45. The van der Waals surface area contributed by atoms with Gasteiger partial charge in [0.05, 0.1) is 0 Å². The number of benzene rings is 1. The van der Waals surface area contributed by atoms with Crippen LogP contribution in [0.15, 0.2) is 35.3 Å². The first kappa shape index (κ1) is 18.2. The molecule has 1 aromatic rings. The molecule has 1 N–H and O–H groups in total. The first-order valence-electron chi connectivity index (χ1n) is 9.74. The molecule has 2 aliphatic rings. The van der Waals surface area contributed by atoms with Crippen LogP contribution in [0.5, 0.6) is 0 Å². The summed E-state index contributed by atoms with van der Waals surface area (Å²) in [4.78, 5) is 6.78. The van der Waals surface area contributed by atoms with Gasteiger partial charge in [0, 0.05) is 40.4 Å². The third-order valence-corrected chi connectivity index (χ3v) is 5.79. The van der Waals surface area contributed by atoms with Gasteiger partial charge in [0.2, 0.25) is 0 Å². The molecule has 0 unspecified atom stereocenters. The van der Waals surface area contributed by atoms with Crippen LogP contribution >= 0.6 is 0 Å². The van der Waals surface area contributed by atoms with E-state index in [0.29, 0.717) is 5.41 Å². The lowest BCUT2D eigenvalue weighted by Gasteiger charge is -2.28. The van der Waals surface area contributed by atoms with Crippen molar-refractivity contribution in [2.75, 3.05) is 40.4 Å². The van der Waals surface area contributed by atoms with Crippen LogP contribution in [0.2, 0.25) is 0 Å². The minimum absolute atomic E-state index is 0.429. The van der Waals surface area contributed by atoms with Crippen molar-refractivity contribution in [1.82, 2.24) is 10.2 Å². The largest absolute Gasteiger partial charge is 0.381 e. The summed E-state index contributed by atoms with van der Waals surface area (Å²) in [6.45, 7) is 3.96. The molecular formula is C21H33N3O. The molecule has 25 heavy (non-hydrogen) atoms. The topological polar surface area (TPSA) is 36.9 Å². The molecule has 2 fully saturated rings. The van der Waals surface area contributed by atoms with Gasteiger partial charge in [0.1, 0.15) is 0 Å². The van der Waals surface area contributed by atoms with Crippen molar-refractivity contribution in [3.8, 4) is 0 Å². The van der Waals surface area contributed by atoms with Gasteiger partial charge in [-0.25, -0.2) is 0 Å². The number of rotatable bonds is 7. The molecule has 1 aliphatic heterocycles. The second-order valence-corrected chi connectivity index (χ2v) is 7.83. The van der Waals surface area contributed by atoms with Crippen molar-refractivity contribution in [2.24, 2.45) is 16.3 Å². The molecule has 0 bridgehead atoms. The third-order valence-electron chi connectivity index (χ3n) is 5.79. The number of guanidine groups is 1. The normalized spacial score (nSPS) is 20.3. The van der Waals surface area contributed by atoms with Gasteiger partial charge in [-0.2, -0.15) is 0 Å². The van der Waals surface area contributed by atoms with Crippen LogP contribution in [0.25, 0.3) is 0 Å². The first-order chi connectivity index (χ1) is 12.2. The molecular weight excluding hydrogens is 310 g/mol. The standard InChI is InChI=1S/C21H33N3O/c1-22-20(24(2)13-8-18-9-14-25-15-10-18)23-17-21(11-12-21)16-19-6-4-3-5-7-19/h3-7,18H,8-17H2,1-2H3,(H,22,23). The average Bonchev–Trinajstić information content (AvgIpc) is 3.41. The van der Waals surface area contributed by atoms with Gasteiger partial charge in [0.25, 0.3) is 0 Å². The number of ether oxygens (including phenoxy) is 1. The maximum Gasteiger partial charge on any atom is 0.193 e. The van der Waals surface area contributed by atoms with Gasteiger partial charge >= 0.3 is 0 Å². The average molecular weight is 344 g/mol. The summed E-state index contributed by atoms with van der Waals surface area (Å²) in [5.41, 5.74) is 1.88. The molecule has 0 amide bonds. The highest BCUT2D eigenvalue weighted by atomic mass is 16.5. The van der Waals surface area contributed by atoms with E-state index < -0.39 is 0 Å². The predicted molar refractivity (Wildman–Crippen MR) is 104 cm³/mol. The zero-order valence-electron chi connectivity index (χ0n) is 15.8. The fourth-order valence-electron chi connectivity index (χ4n) is 3.79. The van der Waals surface area contributed by atoms with Gasteiger partial charge in [0.15, 0.2) is 5.96 Å². The summed E-state index contributed by atoms with van der Waals surface area (Å²) in [5.74, 6) is 1.84. The zero-order valence-corrected chi connectivity index (χ0v) is 15.8. The number of aliphatic imine (C=N–C) groups is 1. The lowest BCUT2D eigenvalue weighted by Crippen LogP contribution is -2.42. The Balaban J connectivity index is 1.43. The lowest BCUT2D eigenvalue weighted by atomic mass is 9.96. The Morgan fingerprint density at radius 3 is 2.60 bits per heavy atom. The highest BCUT2D eigenvalue weighted by Crippen LogP contribution is 2.47. The highest BCUT2D eigenvalue weighted by molar-refractivity contribution is 5.79. The highest BCUT2D eigenvalue weighted by Gasteiger charge is 2.42. The van der Waals surface area contributed by atoms with Gasteiger partial charge in [-0.3, -0.25) is 4.99 Å². The summed E-state index contributed by atoms with van der Waals surface area (Å²) >= 11 is 0. The Morgan fingerprint density at radius 1 is 1.24 bits per heavy atom. The van der Waals surface area contributed by atoms with E-state index in [1.165, 1.54) is 44.1 Å². The van der Waals surface area contributed by atoms with Crippen molar-refractivity contribution in [2.45, 2.75) is 38.5 Å². The van der Waals surface area contributed by atoms with Gasteiger partial charge in [-0.15, -0.1) is 0 Å². The van der Waals surface area contributed by atoms with Crippen LogP contribution in [-0.2, 0) is 11.2 Å². The number of hydrogen-bond acceptors (Lipinski definition) is 2. The van der Waals surface area contributed by atoms with Crippen LogP contribution in [-0.4, -0.2) is 51.3 Å². The van der Waals surface area contributed by atoms with Crippen LogP contribution in [0.4, 0.5) is 0 Å². The fourth-order valence-corrected chi connectivity index (χ4v) is 3.79. The van der Waals surface area contributed by atoms with E-state index in [-0.39, 0.29) is 0 Å². The molecule has 1 aromatic carbocycles. The van der Waals surface area contributed by atoms with Crippen LogP contribution < -0.4 is 5.32 Å². The molecule has 0 aromatic heterocycles. The molecule has 0 radical (unpaired) electrons. The van der Waals surface area contributed by atoms with Crippen molar-refractivity contribution in [1.29, 1.82) is 0 Å². The molecule has 1 heterocycles. The van der Waals surface area contributed by atoms with Gasteiger partial charge < -0.3 is 15.0 Å². The summed E-state index contributed by atoms with van der Waals surface area (Å²) in [6, 6.07) is 10.9. The van der Waals surface area contributed by atoms with Crippen molar-refractivity contribution in [3.63, 3.8) is 0 Å². The molecule has 1 saturated heterocycles. The maximum absolute atomic E-state index is 5.46. The van der Waals surface area contributed by atoms with E-state index in [4.69, 9.17) is 4.74 Å². The Morgan fingerprint density at radius 2 is 1.96 bits per heavy atom. The molecule has 1 aliphatic carbocycles.